The fourth-order valence-electron chi connectivity index (χ4n) is 2.52. The lowest BCUT2D eigenvalue weighted by Gasteiger charge is -2.30. The van der Waals surface area contributed by atoms with Crippen LogP contribution in [-0.2, 0) is 16.6 Å². The summed E-state index contributed by atoms with van der Waals surface area (Å²) in [6, 6.07) is 5.10. The first-order chi connectivity index (χ1) is 8.95. The molecule has 0 aromatic heterocycles. The summed E-state index contributed by atoms with van der Waals surface area (Å²) in [5, 5.41) is 9.16. The average Bonchev–Trinajstić information content (AvgIpc) is 2.39. The zero-order valence-corrected chi connectivity index (χ0v) is 12.3. The van der Waals surface area contributed by atoms with E-state index in [1.54, 1.807) is 29.4 Å². The lowest BCUT2D eigenvalue weighted by molar-refractivity contribution is 0.279. The second-order valence-electron chi connectivity index (χ2n) is 5.37. The Hall–Kier alpha value is -0.910. The van der Waals surface area contributed by atoms with Crippen molar-refractivity contribution >= 4 is 10.0 Å². The van der Waals surface area contributed by atoms with E-state index >= 15 is 0 Å². The molecule has 0 spiro atoms. The van der Waals surface area contributed by atoms with Crippen LogP contribution in [0, 0.1) is 12.8 Å². The Morgan fingerprint density at radius 1 is 1.42 bits per heavy atom. The second kappa shape index (κ2) is 5.61. The Bertz CT molecular complexity index is 554. The van der Waals surface area contributed by atoms with Gasteiger partial charge in [-0.1, -0.05) is 19.1 Å². The molecular formula is C14H21NO3S. The number of piperidine rings is 1. The quantitative estimate of drug-likeness (QED) is 0.922. The summed E-state index contributed by atoms with van der Waals surface area (Å²) in [6.45, 7) is 4.92. The third-order valence-electron chi connectivity index (χ3n) is 3.67. The van der Waals surface area contributed by atoms with E-state index in [1.807, 2.05) is 0 Å². The van der Waals surface area contributed by atoms with Gasteiger partial charge in [-0.2, -0.15) is 4.31 Å². The third kappa shape index (κ3) is 2.99. The van der Waals surface area contributed by atoms with Crippen LogP contribution in [0.2, 0.25) is 0 Å². The first-order valence-corrected chi connectivity index (χ1v) is 8.09. The van der Waals surface area contributed by atoms with Gasteiger partial charge in [-0.3, -0.25) is 0 Å². The Kier molecular flexibility index (Phi) is 4.28. The van der Waals surface area contributed by atoms with E-state index in [0.717, 1.165) is 18.4 Å². The van der Waals surface area contributed by atoms with Crippen LogP contribution < -0.4 is 0 Å². The zero-order chi connectivity index (χ0) is 14.0. The highest BCUT2D eigenvalue weighted by Crippen LogP contribution is 2.26. The lowest BCUT2D eigenvalue weighted by atomic mass is 10.0. The summed E-state index contributed by atoms with van der Waals surface area (Å²) in [4.78, 5) is 0.327. The van der Waals surface area contributed by atoms with Gasteiger partial charge in [0.2, 0.25) is 10.0 Å². The summed E-state index contributed by atoms with van der Waals surface area (Å²) in [7, 11) is -3.44. The van der Waals surface area contributed by atoms with Crippen LogP contribution in [0.15, 0.2) is 23.1 Å². The van der Waals surface area contributed by atoms with Gasteiger partial charge in [0.05, 0.1) is 11.5 Å². The fourth-order valence-corrected chi connectivity index (χ4v) is 4.40. The van der Waals surface area contributed by atoms with Crippen LogP contribution in [0.1, 0.15) is 30.9 Å². The maximum Gasteiger partial charge on any atom is 0.243 e. The second-order valence-corrected chi connectivity index (χ2v) is 7.27. The summed E-state index contributed by atoms with van der Waals surface area (Å²) in [5.41, 5.74) is 1.37. The van der Waals surface area contributed by atoms with E-state index in [9.17, 15) is 8.42 Å². The molecule has 1 aliphatic rings. The number of rotatable bonds is 3. The molecule has 2 rings (SSSR count). The Morgan fingerprint density at radius 3 is 2.79 bits per heavy atom. The smallest absolute Gasteiger partial charge is 0.243 e. The van der Waals surface area contributed by atoms with E-state index in [2.05, 4.69) is 6.92 Å². The van der Waals surface area contributed by atoms with Crippen LogP contribution in [0.3, 0.4) is 0 Å². The normalized spacial score (nSPS) is 21.5. The topological polar surface area (TPSA) is 57.6 Å². The molecule has 1 aliphatic heterocycles. The van der Waals surface area contributed by atoms with Crippen LogP contribution in [-0.4, -0.2) is 30.9 Å². The molecule has 4 nitrogen and oxygen atoms in total. The van der Waals surface area contributed by atoms with Gasteiger partial charge in [-0.15, -0.1) is 0 Å². The van der Waals surface area contributed by atoms with Crippen LogP contribution in [0.5, 0.6) is 0 Å². The average molecular weight is 283 g/mol. The third-order valence-corrected chi connectivity index (χ3v) is 5.68. The monoisotopic (exact) mass is 283 g/mol. The number of hydrogen-bond donors (Lipinski definition) is 1. The maximum absolute atomic E-state index is 12.7. The van der Waals surface area contributed by atoms with Gasteiger partial charge in [-0.25, -0.2) is 8.42 Å². The largest absolute Gasteiger partial charge is 0.392 e. The van der Waals surface area contributed by atoms with Crippen LogP contribution >= 0.6 is 0 Å². The van der Waals surface area contributed by atoms with Crippen molar-refractivity contribution in [3.63, 3.8) is 0 Å². The first-order valence-electron chi connectivity index (χ1n) is 6.65. The molecule has 0 aliphatic carbocycles. The van der Waals surface area contributed by atoms with E-state index in [1.165, 1.54) is 0 Å². The highest BCUT2D eigenvalue weighted by molar-refractivity contribution is 7.89. The lowest BCUT2D eigenvalue weighted by Crippen LogP contribution is -2.39. The summed E-state index contributed by atoms with van der Waals surface area (Å²) < 4.78 is 26.9. The summed E-state index contributed by atoms with van der Waals surface area (Å²) in [6.07, 6.45) is 2.00. The highest BCUT2D eigenvalue weighted by atomic mass is 32.2. The molecule has 106 valence electrons. The van der Waals surface area contributed by atoms with Crippen molar-refractivity contribution in [2.75, 3.05) is 13.1 Å². The van der Waals surface area contributed by atoms with Crippen molar-refractivity contribution < 1.29 is 13.5 Å². The molecule has 0 saturated carbocycles. The van der Waals surface area contributed by atoms with Crippen molar-refractivity contribution in [1.82, 2.24) is 4.31 Å². The molecule has 0 radical (unpaired) electrons. The number of hydrogen-bond acceptors (Lipinski definition) is 3. The molecule has 0 amide bonds. The van der Waals surface area contributed by atoms with Crippen molar-refractivity contribution in [2.45, 2.75) is 38.2 Å². The standard InChI is InChI=1S/C14H21NO3S/c1-11-4-3-7-15(9-11)19(17,18)14-8-13(10-16)6-5-12(14)2/h5-6,8,11,16H,3-4,7,9-10H2,1-2H3. The minimum Gasteiger partial charge on any atom is -0.392 e. The predicted octanol–water partition coefficient (Wildman–Crippen LogP) is 1.91. The molecule has 1 heterocycles. The van der Waals surface area contributed by atoms with Gasteiger partial charge in [0.25, 0.3) is 0 Å². The van der Waals surface area contributed by atoms with Crippen LogP contribution in [0.4, 0.5) is 0 Å². The van der Waals surface area contributed by atoms with E-state index < -0.39 is 10.0 Å². The van der Waals surface area contributed by atoms with Crippen LogP contribution in [0.25, 0.3) is 0 Å². The molecule has 1 saturated heterocycles. The van der Waals surface area contributed by atoms with Gasteiger partial charge in [0.15, 0.2) is 0 Å². The molecule has 19 heavy (non-hydrogen) atoms. The number of aliphatic hydroxyl groups is 1. The predicted molar refractivity (Wildman–Crippen MR) is 74.3 cm³/mol. The van der Waals surface area contributed by atoms with Gasteiger partial charge >= 0.3 is 0 Å². The molecule has 1 unspecified atom stereocenters. The minimum absolute atomic E-state index is 0.140. The number of benzene rings is 1. The fraction of sp³-hybridized carbons (Fsp3) is 0.571. The number of nitrogens with zero attached hydrogens (tertiary/aromatic N) is 1. The number of sulfonamides is 1. The van der Waals surface area contributed by atoms with E-state index in [4.69, 9.17) is 5.11 Å². The minimum atomic E-state index is -3.44. The highest BCUT2D eigenvalue weighted by Gasteiger charge is 2.29. The molecule has 1 N–H and O–H groups in total. The number of aryl methyl sites for hydroxylation is 1. The maximum atomic E-state index is 12.7. The van der Waals surface area contributed by atoms with Crippen molar-refractivity contribution in [3.05, 3.63) is 29.3 Å². The summed E-state index contributed by atoms with van der Waals surface area (Å²) in [5.74, 6) is 0.407. The van der Waals surface area contributed by atoms with E-state index in [0.29, 0.717) is 29.5 Å². The molecule has 0 bridgehead atoms. The summed E-state index contributed by atoms with van der Waals surface area (Å²) >= 11 is 0. The SMILES string of the molecule is Cc1ccc(CO)cc1S(=O)(=O)N1CCCC(C)C1. The van der Waals surface area contributed by atoms with Gasteiger partial charge < -0.3 is 5.11 Å². The number of aliphatic hydroxyl groups excluding tert-OH is 1. The van der Waals surface area contributed by atoms with Crippen molar-refractivity contribution in [2.24, 2.45) is 5.92 Å². The van der Waals surface area contributed by atoms with Gasteiger partial charge in [0.1, 0.15) is 0 Å². The Balaban J connectivity index is 2.38. The zero-order valence-electron chi connectivity index (χ0n) is 11.5. The molecule has 1 aromatic rings. The van der Waals surface area contributed by atoms with Gasteiger partial charge in [-0.05, 0) is 42.9 Å². The molecular weight excluding hydrogens is 262 g/mol. The molecule has 1 fully saturated rings. The van der Waals surface area contributed by atoms with Crippen molar-refractivity contribution in [3.8, 4) is 0 Å². The molecule has 5 heteroatoms. The Morgan fingerprint density at radius 2 is 2.16 bits per heavy atom. The first kappa shape index (κ1) is 14.5. The van der Waals surface area contributed by atoms with E-state index in [-0.39, 0.29) is 6.61 Å². The molecule has 1 aromatic carbocycles. The Labute approximate surface area is 115 Å². The van der Waals surface area contributed by atoms with Gasteiger partial charge in [0, 0.05) is 13.1 Å². The van der Waals surface area contributed by atoms with Crippen molar-refractivity contribution in [1.29, 1.82) is 0 Å². The molecule has 1 atom stereocenters.